The highest BCUT2D eigenvalue weighted by Gasteiger charge is 2.36. The molecule has 1 aliphatic rings. The van der Waals surface area contributed by atoms with Crippen molar-refractivity contribution < 1.29 is 19.1 Å². The molecule has 0 spiro atoms. The number of hydrogen-bond acceptors (Lipinski definition) is 4. The Kier molecular flexibility index (Phi) is 6.19. The summed E-state index contributed by atoms with van der Waals surface area (Å²) in [5, 5.41) is 5.44. The van der Waals surface area contributed by atoms with Crippen molar-refractivity contribution in [2.24, 2.45) is 0 Å². The molecule has 2 amide bonds. The molecule has 0 unspecified atom stereocenters. The molecule has 1 aliphatic carbocycles. The molecule has 0 aliphatic heterocycles. The van der Waals surface area contributed by atoms with Crippen LogP contribution in [0.15, 0.2) is 48.5 Å². The van der Waals surface area contributed by atoms with Gasteiger partial charge < -0.3 is 20.1 Å². The van der Waals surface area contributed by atoms with E-state index in [4.69, 9.17) is 9.47 Å². The fourth-order valence-corrected chi connectivity index (χ4v) is 3.82. The second-order valence-electron chi connectivity index (χ2n) is 7.05. The van der Waals surface area contributed by atoms with Crippen LogP contribution in [-0.4, -0.2) is 32.6 Å². The fraction of sp³-hybridized carbons (Fsp3) is 0.364. The van der Waals surface area contributed by atoms with Gasteiger partial charge in [-0.05, 0) is 42.7 Å². The van der Waals surface area contributed by atoms with E-state index in [1.165, 1.54) is 7.11 Å². The molecule has 6 heteroatoms. The number of benzene rings is 2. The predicted octanol–water partition coefficient (Wildman–Crippen LogP) is 3.27. The van der Waals surface area contributed by atoms with Crippen molar-refractivity contribution in [3.05, 3.63) is 54.1 Å². The smallest absolute Gasteiger partial charge is 0.313 e. The van der Waals surface area contributed by atoms with E-state index in [0.29, 0.717) is 18.0 Å². The van der Waals surface area contributed by atoms with Crippen LogP contribution in [0.25, 0.3) is 0 Å². The van der Waals surface area contributed by atoms with Gasteiger partial charge in [0.15, 0.2) is 0 Å². The Bertz CT molecular complexity index is 827. The maximum atomic E-state index is 12.4. The van der Waals surface area contributed by atoms with Gasteiger partial charge in [0.05, 0.1) is 19.9 Å². The van der Waals surface area contributed by atoms with E-state index >= 15 is 0 Å². The molecule has 0 heterocycles. The zero-order valence-electron chi connectivity index (χ0n) is 16.3. The van der Waals surface area contributed by atoms with Gasteiger partial charge in [-0.25, -0.2) is 0 Å². The van der Waals surface area contributed by atoms with Gasteiger partial charge in [0.25, 0.3) is 0 Å². The molecule has 0 radical (unpaired) electrons. The second-order valence-corrected chi connectivity index (χ2v) is 7.05. The van der Waals surface area contributed by atoms with Gasteiger partial charge in [-0.15, -0.1) is 0 Å². The second kappa shape index (κ2) is 8.78. The van der Waals surface area contributed by atoms with E-state index in [1.807, 2.05) is 24.3 Å². The van der Waals surface area contributed by atoms with Crippen LogP contribution in [0.4, 0.5) is 5.69 Å². The van der Waals surface area contributed by atoms with Crippen LogP contribution in [0.3, 0.4) is 0 Å². The summed E-state index contributed by atoms with van der Waals surface area (Å²) in [5.41, 5.74) is 1.49. The SMILES string of the molecule is COc1ccc(C2(CNC(=O)C(=O)Nc3ccccc3OC)CCCC2)cc1. The molecule has 3 rings (SSSR count). The van der Waals surface area contributed by atoms with Crippen molar-refractivity contribution in [1.82, 2.24) is 5.32 Å². The van der Waals surface area contributed by atoms with Crippen molar-refractivity contribution in [3.63, 3.8) is 0 Å². The minimum Gasteiger partial charge on any atom is -0.497 e. The van der Waals surface area contributed by atoms with Crippen molar-refractivity contribution in [3.8, 4) is 11.5 Å². The number of amides is 2. The third-order valence-corrected chi connectivity index (χ3v) is 5.41. The number of para-hydroxylation sites is 2. The molecule has 0 atom stereocenters. The van der Waals surface area contributed by atoms with Gasteiger partial charge in [-0.1, -0.05) is 37.1 Å². The molecular formula is C22H26N2O4. The zero-order chi connectivity index (χ0) is 20.0. The summed E-state index contributed by atoms with van der Waals surface area (Å²) in [6.07, 6.45) is 4.17. The standard InChI is InChI=1S/C22H26N2O4/c1-27-17-11-9-16(10-12-17)22(13-5-6-14-22)15-23-20(25)21(26)24-18-7-3-4-8-19(18)28-2/h3-4,7-12H,5-6,13-15H2,1-2H3,(H,23,25)(H,24,26). The molecule has 0 bridgehead atoms. The number of rotatable bonds is 6. The summed E-state index contributed by atoms with van der Waals surface area (Å²) in [6, 6.07) is 15.0. The van der Waals surface area contributed by atoms with Crippen molar-refractivity contribution in [2.45, 2.75) is 31.1 Å². The number of carbonyl (C=O) groups excluding carboxylic acids is 2. The number of nitrogens with one attached hydrogen (secondary N) is 2. The van der Waals surface area contributed by atoms with Crippen LogP contribution in [0.5, 0.6) is 11.5 Å². The van der Waals surface area contributed by atoms with E-state index < -0.39 is 11.8 Å². The first-order valence-corrected chi connectivity index (χ1v) is 9.45. The minimum atomic E-state index is -0.702. The van der Waals surface area contributed by atoms with E-state index in [-0.39, 0.29) is 5.41 Å². The number of methoxy groups -OCH3 is 2. The first-order valence-electron chi connectivity index (χ1n) is 9.45. The van der Waals surface area contributed by atoms with Crippen LogP contribution >= 0.6 is 0 Å². The lowest BCUT2D eigenvalue weighted by molar-refractivity contribution is -0.136. The highest BCUT2D eigenvalue weighted by atomic mass is 16.5. The van der Waals surface area contributed by atoms with Crippen LogP contribution in [0.2, 0.25) is 0 Å². The summed E-state index contributed by atoms with van der Waals surface area (Å²) < 4.78 is 10.4. The Morgan fingerprint density at radius 1 is 0.929 bits per heavy atom. The zero-order valence-corrected chi connectivity index (χ0v) is 16.3. The summed E-state index contributed by atoms with van der Waals surface area (Å²) in [6.45, 7) is 0.428. The topological polar surface area (TPSA) is 76.7 Å². The fourth-order valence-electron chi connectivity index (χ4n) is 3.82. The Morgan fingerprint density at radius 2 is 1.61 bits per heavy atom. The first kappa shape index (κ1) is 19.7. The van der Waals surface area contributed by atoms with Gasteiger partial charge in [-0.2, -0.15) is 0 Å². The lowest BCUT2D eigenvalue weighted by atomic mass is 9.78. The van der Waals surface area contributed by atoms with E-state index in [9.17, 15) is 9.59 Å². The quantitative estimate of drug-likeness (QED) is 0.752. The Balaban J connectivity index is 1.66. The van der Waals surface area contributed by atoms with Gasteiger partial charge in [-0.3, -0.25) is 9.59 Å². The van der Waals surface area contributed by atoms with Gasteiger partial charge in [0.2, 0.25) is 0 Å². The lowest BCUT2D eigenvalue weighted by Gasteiger charge is -2.30. The highest BCUT2D eigenvalue weighted by molar-refractivity contribution is 6.39. The summed E-state index contributed by atoms with van der Waals surface area (Å²) in [7, 11) is 3.16. The maximum absolute atomic E-state index is 12.4. The molecule has 2 N–H and O–H groups in total. The van der Waals surface area contributed by atoms with E-state index in [2.05, 4.69) is 10.6 Å². The average molecular weight is 382 g/mol. The predicted molar refractivity (Wildman–Crippen MR) is 108 cm³/mol. The molecular weight excluding hydrogens is 356 g/mol. The Morgan fingerprint density at radius 3 is 2.25 bits per heavy atom. The molecule has 0 saturated heterocycles. The first-order chi connectivity index (χ1) is 13.6. The lowest BCUT2D eigenvalue weighted by Crippen LogP contribution is -2.43. The molecule has 2 aromatic rings. The maximum Gasteiger partial charge on any atom is 0.313 e. The molecule has 2 aromatic carbocycles. The number of anilines is 1. The number of ether oxygens (including phenoxy) is 2. The van der Waals surface area contributed by atoms with Gasteiger partial charge in [0, 0.05) is 12.0 Å². The molecule has 148 valence electrons. The van der Waals surface area contributed by atoms with Gasteiger partial charge in [0.1, 0.15) is 11.5 Å². The molecule has 6 nitrogen and oxygen atoms in total. The molecule has 1 saturated carbocycles. The summed E-state index contributed by atoms with van der Waals surface area (Å²) in [5.74, 6) is -0.0377. The minimum absolute atomic E-state index is 0.146. The summed E-state index contributed by atoms with van der Waals surface area (Å²) in [4.78, 5) is 24.7. The van der Waals surface area contributed by atoms with E-state index in [1.54, 1.807) is 31.4 Å². The third kappa shape index (κ3) is 4.27. The van der Waals surface area contributed by atoms with Crippen LogP contribution in [0.1, 0.15) is 31.2 Å². The number of hydrogen-bond donors (Lipinski definition) is 2. The average Bonchev–Trinajstić information content (AvgIpc) is 3.22. The van der Waals surface area contributed by atoms with Crippen molar-refractivity contribution >= 4 is 17.5 Å². The van der Waals surface area contributed by atoms with Gasteiger partial charge >= 0.3 is 11.8 Å². The molecule has 1 fully saturated rings. The normalized spacial score (nSPS) is 14.9. The Hall–Kier alpha value is -3.02. The molecule has 28 heavy (non-hydrogen) atoms. The van der Waals surface area contributed by atoms with E-state index in [0.717, 1.165) is 37.0 Å². The monoisotopic (exact) mass is 382 g/mol. The van der Waals surface area contributed by atoms with Crippen molar-refractivity contribution in [2.75, 3.05) is 26.1 Å². The third-order valence-electron chi connectivity index (χ3n) is 5.41. The largest absolute Gasteiger partial charge is 0.497 e. The van der Waals surface area contributed by atoms with Crippen molar-refractivity contribution in [1.29, 1.82) is 0 Å². The van der Waals surface area contributed by atoms with Crippen LogP contribution in [-0.2, 0) is 15.0 Å². The Labute approximate surface area is 165 Å². The van der Waals surface area contributed by atoms with Crippen LogP contribution in [0, 0.1) is 0 Å². The molecule has 0 aromatic heterocycles. The summed E-state index contributed by atoms with van der Waals surface area (Å²) >= 11 is 0. The highest BCUT2D eigenvalue weighted by Crippen LogP contribution is 2.41. The van der Waals surface area contributed by atoms with Crippen LogP contribution < -0.4 is 20.1 Å². The number of carbonyl (C=O) groups is 2.